The molecule has 1 aromatic carbocycles. The average molecular weight is 410 g/mol. The van der Waals surface area contributed by atoms with Crippen LogP contribution in [0.5, 0.6) is 0 Å². The van der Waals surface area contributed by atoms with Crippen LogP contribution in [0.15, 0.2) is 24.3 Å². The van der Waals surface area contributed by atoms with Crippen LogP contribution < -0.4 is 11.1 Å². The summed E-state index contributed by atoms with van der Waals surface area (Å²) in [5.41, 5.74) is 6.92. The van der Waals surface area contributed by atoms with Crippen molar-refractivity contribution in [2.75, 3.05) is 19.0 Å². The van der Waals surface area contributed by atoms with Crippen molar-refractivity contribution in [1.29, 1.82) is 0 Å². The van der Waals surface area contributed by atoms with Crippen LogP contribution in [0.25, 0.3) is 0 Å². The third-order valence-electron chi connectivity index (χ3n) is 5.46. The van der Waals surface area contributed by atoms with E-state index < -0.39 is 6.04 Å². The van der Waals surface area contributed by atoms with E-state index in [0.717, 1.165) is 25.7 Å². The first kappa shape index (κ1) is 22.2. The Balaban J connectivity index is 0.00000280. The number of esters is 1. The Hall–Kier alpha value is -2.12. The topological polar surface area (TPSA) is 102 Å². The van der Waals surface area contributed by atoms with Crippen LogP contribution in [0, 0.1) is 5.92 Å². The molecule has 1 saturated heterocycles. The van der Waals surface area contributed by atoms with Gasteiger partial charge >= 0.3 is 5.97 Å². The maximum atomic E-state index is 13.0. The molecule has 28 heavy (non-hydrogen) atoms. The van der Waals surface area contributed by atoms with E-state index in [1.165, 1.54) is 7.11 Å². The van der Waals surface area contributed by atoms with Crippen LogP contribution in [0.2, 0.25) is 0 Å². The zero-order valence-electron chi connectivity index (χ0n) is 16.1. The van der Waals surface area contributed by atoms with Crippen molar-refractivity contribution in [2.45, 2.75) is 50.6 Å². The lowest BCUT2D eigenvalue weighted by molar-refractivity contribution is -0.147. The van der Waals surface area contributed by atoms with E-state index in [9.17, 15) is 14.4 Å². The quantitative estimate of drug-likeness (QED) is 0.743. The number of piperidine rings is 1. The van der Waals surface area contributed by atoms with Gasteiger partial charge in [-0.15, -0.1) is 12.4 Å². The molecule has 1 heterocycles. The van der Waals surface area contributed by atoms with Gasteiger partial charge in [-0.2, -0.15) is 0 Å². The summed E-state index contributed by atoms with van der Waals surface area (Å²) < 4.78 is 4.85. The second kappa shape index (κ2) is 9.89. The number of benzene rings is 1. The molecule has 0 spiro atoms. The summed E-state index contributed by atoms with van der Waals surface area (Å²) in [5.74, 6) is -0.739. The number of rotatable bonds is 4. The third-order valence-corrected chi connectivity index (χ3v) is 5.46. The number of hydrogen-bond acceptors (Lipinski definition) is 5. The highest BCUT2D eigenvalue weighted by molar-refractivity contribution is 5.99. The molecular weight excluding hydrogens is 382 g/mol. The molecule has 3 rings (SSSR count). The number of nitrogens with one attached hydrogen (secondary N) is 1. The van der Waals surface area contributed by atoms with Crippen LogP contribution in [0.4, 0.5) is 5.69 Å². The maximum Gasteiger partial charge on any atom is 0.328 e. The van der Waals surface area contributed by atoms with Crippen LogP contribution in [-0.2, 0) is 14.3 Å². The minimum Gasteiger partial charge on any atom is -0.467 e. The Kier molecular flexibility index (Phi) is 7.83. The van der Waals surface area contributed by atoms with Crippen molar-refractivity contribution < 1.29 is 19.1 Å². The first-order valence-electron chi connectivity index (χ1n) is 9.55. The Bertz CT molecular complexity index is 727. The van der Waals surface area contributed by atoms with Crippen molar-refractivity contribution in [2.24, 2.45) is 11.7 Å². The van der Waals surface area contributed by atoms with Gasteiger partial charge in [0.15, 0.2) is 0 Å². The second-order valence-corrected chi connectivity index (χ2v) is 7.37. The summed E-state index contributed by atoms with van der Waals surface area (Å²) >= 11 is 0. The van der Waals surface area contributed by atoms with Gasteiger partial charge in [-0.3, -0.25) is 9.59 Å². The molecule has 1 aromatic rings. The number of ether oxygens (including phenoxy) is 1. The summed E-state index contributed by atoms with van der Waals surface area (Å²) in [7, 11) is 1.34. The lowest BCUT2D eigenvalue weighted by Gasteiger charge is -2.33. The molecule has 3 atom stereocenters. The van der Waals surface area contributed by atoms with E-state index in [4.69, 9.17) is 10.5 Å². The van der Waals surface area contributed by atoms with E-state index in [1.54, 1.807) is 29.2 Å². The van der Waals surface area contributed by atoms with Gasteiger partial charge in [-0.25, -0.2) is 4.79 Å². The molecule has 2 aliphatic rings. The number of likely N-dealkylation sites (tertiary alicyclic amines) is 1. The minimum atomic E-state index is -0.547. The zero-order valence-corrected chi connectivity index (χ0v) is 16.9. The Morgan fingerprint density at radius 1 is 1.18 bits per heavy atom. The lowest BCUT2D eigenvalue weighted by Crippen LogP contribution is -2.48. The number of carbonyl (C=O) groups excluding carboxylic acids is 3. The normalized spacial score (nSPS) is 24.2. The van der Waals surface area contributed by atoms with E-state index in [1.807, 2.05) is 0 Å². The number of halogens is 1. The van der Waals surface area contributed by atoms with Crippen LogP contribution in [0.1, 0.15) is 48.9 Å². The smallest absolute Gasteiger partial charge is 0.328 e. The van der Waals surface area contributed by atoms with Crippen molar-refractivity contribution >= 4 is 35.9 Å². The summed E-state index contributed by atoms with van der Waals surface area (Å²) in [6.45, 7) is 0.523. The molecule has 2 fully saturated rings. The standard InChI is InChI=1S/C20H27N3O4.ClH/c1-27-20(26)17-7-2-3-10-23(17)19(25)14-5-4-6-16(12-14)22-18(24)13-8-9-15(21)11-13;/h4-6,12-13,15,17H,2-3,7-11,21H2,1H3,(H,22,24);1H. The number of amides is 2. The van der Waals surface area contributed by atoms with Gasteiger partial charge < -0.3 is 20.7 Å². The second-order valence-electron chi connectivity index (χ2n) is 7.37. The molecule has 8 heteroatoms. The number of carbonyl (C=O) groups is 3. The summed E-state index contributed by atoms with van der Waals surface area (Å²) in [6.07, 6.45) is 4.71. The van der Waals surface area contributed by atoms with Gasteiger partial charge in [-0.05, 0) is 56.7 Å². The number of nitrogens with zero attached hydrogens (tertiary/aromatic N) is 1. The summed E-state index contributed by atoms with van der Waals surface area (Å²) in [4.78, 5) is 38.9. The highest BCUT2D eigenvalue weighted by Gasteiger charge is 2.33. The molecule has 154 valence electrons. The molecule has 1 aliphatic heterocycles. The van der Waals surface area contributed by atoms with Crippen LogP contribution >= 0.6 is 12.4 Å². The lowest BCUT2D eigenvalue weighted by atomic mass is 10.0. The molecule has 7 nitrogen and oxygen atoms in total. The predicted molar refractivity (Wildman–Crippen MR) is 108 cm³/mol. The van der Waals surface area contributed by atoms with E-state index in [0.29, 0.717) is 30.6 Å². The highest BCUT2D eigenvalue weighted by atomic mass is 35.5. The fourth-order valence-corrected chi connectivity index (χ4v) is 3.95. The molecule has 1 saturated carbocycles. The number of nitrogens with two attached hydrogens (primary N) is 1. The average Bonchev–Trinajstić information content (AvgIpc) is 3.13. The fourth-order valence-electron chi connectivity index (χ4n) is 3.95. The van der Waals surface area contributed by atoms with Gasteiger partial charge in [0.25, 0.3) is 5.91 Å². The predicted octanol–water partition coefficient (Wildman–Crippen LogP) is 2.34. The Morgan fingerprint density at radius 3 is 2.64 bits per heavy atom. The molecule has 2 amide bonds. The molecule has 3 unspecified atom stereocenters. The first-order chi connectivity index (χ1) is 13.0. The van der Waals surface area contributed by atoms with Gasteiger partial charge in [0.1, 0.15) is 6.04 Å². The van der Waals surface area contributed by atoms with Crippen LogP contribution in [0.3, 0.4) is 0 Å². The fraction of sp³-hybridized carbons (Fsp3) is 0.550. The van der Waals surface area contributed by atoms with E-state index >= 15 is 0 Å². The summed E-state index contributed by atoms with van der Waals surface area (Å²) in [5, 5.41) is 2.89. The highest BCUT2D eigenvalue weighted by Crippen LogP contribution is 2.26. The molecule has 0 aromatic heterocycles. The largest absolute Gasteiger partial charge is 0.467 e. The van der Waals surface area contributed by atoms with Crippen molar-refractivity contribution in [3.8, 4) is 0 Å². The number of hydrogen-bond donors (Lipinski definition) is 2. The Morgan fingerprint density at radius 2 is 1.96 bits per heavy atom. The first-order valence-corrected chi connectivity index (χ1v) is 9.55. The van der Waals surface area contributed by atoms with Gasteiger partial charge in [0.05, 0.1) is 7.11 Å². The van der Waals surface area contributed by atoms with Crippen LogP contribution in [-0.4, -0.2) is 48.4 Å². The number of methoxy groups -OCH3 is 1. The third kappa shape index (κ3) is 5.02. The summed E-state index contributed by atoms with van der Waals surface area (Å²) in [6, 6.07) is 6.40. The maximum absolute atomic E-state index is 13.0. The zero-order chi connectivity index (χ0) is 19.4. The van der Waals surface area contributed by atoms with Gasteiger partial charge in [-0.1, -0.05) is 6.07 Å². The molecular formula is C20H28ClN3O4. The van der Waals surface area contributed by atoms with Crippen molar-refractivity contribution in [3.05, 3.63) is 29.8 Å². The number of anilines is 1. The van der Waals surface area contributed by atoms with Gasteiger partial charge in [0.2, 0.25) is 5.91 Å². The molecule has 3 N–H and O–H groups in total. The molecule has 0 bridgehead atoms. The SMILES string of the molecule is COC(=O)C1CCCCN1C(=O)c1cccc(NC(=O)C2CCC(N)C2)c1.Cl. The Labute approximate surface area is 171 Å². The monoisotopic (exact) mass is 409 g/mol. The van der Waals surface area contributed by atoms with Crippen molar-refractivity contribution in [1.82, 2.24) is 4.90 Å². The molecule has 1 aliphatic carbocycles. The van der Waals surface area contributed by atoms with Crippen molar-refractivity contribution in [3.63, 3.8) is 0 Å². The molecule has 0 radical (unpaired) electrons. The van der Waals surface area contributed by atoms with E-state index in [-0.39, 0.29) is 42.2 Å². The van der Waals surface area contributed by atoms with Gasteiger partial charge in [0, 0.05) is 29.8 Å². The van der Waals surface area contributed by atoms with E-state index in [2.05, 4.69) is 5.32 Å². The minimum absolute atomic E-state index is 0.